The number of Topliss-reactive ketones (excluding diaryl/α,β-unsaturated/α-hetero) is 1. The van der Waals surface area contributed by atoms with Gasteiger partial charge in [-0.3, -0.25) is 4.79 Å². The molecular weight excluding hydrogens is 262 g/mol. The molecular formula is C18H25NO2. The number of ether oxygens (including phenoxy) is 1. The number of hydrogen-bond donors (Lipinski definition) is 1. The van der Waals surface area contributed by atoms with E-state index in [0.717, 1.165) is 43.6 Å². The Labute approximate surface area is 126 Å². The molecule has 0 aromatic heterocycles. The molecule has 0 radical (unpaired) electrons. The summed E-state index contributed by atoms with van der Waals surface area (Å²) >= 11 is 0. The summed E-state index contributed by atoms with van der Waals surface area (Å²) in [5.41, 5.74) is 7.99. The van der Waals surface area contributed by atoms with E-state index < -0.39 is 0 Å². The van der Waals surface area contributed by atoms with Crippen LogP contribution in [0.5, 0.6) is 5.75 Å². The fourth-order valence-electron chi connectivity index (χ4n) is 3.80. The van der Waals surface area contributed by atoms with Gasteiger partial charge in [0.15, 0.2) is 5.78 Å². The van der Waals surface area contributed by atoms with Crippen molar-refractivity contribution in [2.75, 3.05) is 13.2 Å². The minimum absolute atomic E-state index is 0.0206. The quantitative estimate of drug-likeness (QED) is 0.862. The average molecular weight is 287 g/mol. The van der Waals surface area contributed by atoms with Gasteiger partial charge in [-0.25, -0.2) is 0 Å². The first-order chi connectivity index (χ1) is 10.2. The highest BCUT2D eigenvalue weighted by Crippen LogP contribution is 2.40. The maximum absolute atomic E-state index is 12.8. The Balaban J connectivity index is 1.82. The molecule has 0 unspecified atom stereocenters. The normalized spacial score (nSPS) is 20.4. The number of carbonyl (C=O) groups excluding carboxylic acids is 1. The number of carbonyl (C=O) groups is 1. The van der Waals surface area contributed by atoms with Crippen molar-refractivity contribution in [2.45, 2.75) is 51.4 Å². The Morgan fingerprint density at radius 2 is 2.00 bits per heavy atom. The van der Waals surface area contributed by atoms with Gasteiger partial charge in [0.05, 0.1) is 12.2 Å². The summed E-state index contributed by atoms with van der Waals surface area (Å²) in [4.78, 5) is 12.8. The molecule has 1 aliphatic heterocycles. The zero-order valence-electron chi connectivity index (χ0n) is 12.7. The third kappa shape index (κ3) is 2.98. The molecule has 1 saturated carbocycles. The van der Waals surface area contributed by atoms with Crippen molar-refractivity contribution in [3.63, 3.8) is 0 Å². The van der Waals surface area contributed by atoms with Gasteiger partial charge in [0.1, 0.15) is 5.75 Å². The molecule has 1 heterocycles. The number of para-hydroxylation sites is 1. The molecule has 1 aromatic carbocycles. The van der Waals surface area contributed by atoms with Gasteiger partial charge in [-0.2, -0.15) is 0 Å². The van der Waals surface area contributed by atoms with E-state index in [1.54, 1.807) is 0 Å². The summed E-state index contributed by atoms with van der Waals surface area (Å²) in [5, 5.41) is 0. The summed E-state index contributed by atoms with van der Waals surface area (Å²) in [7, 11) is 0. The topological polar surface area (TPSA) is 52.3 Å². The van der Waals surface area contributed by atoms with E-state index in [1.807, 2.05) is 12.1 Å². The lowest BCUT2D eigenvalue weighted by molar-refractivity contribution is 0.0863. The van der Waals surface area contributed by atoms with Crippen molar-refractivity contribution < 1.29 is 9.53 Å². The Morgan fingerprint density at radius 1 is 1.19 bits per heavy atom. The average Bonchev–Trinajstić information content (AvgIpc) is 2.55. The van der Waals surface area contributed by atoms with Gasteiger partial charge >= 0.3 is 0 Å². The van der Waals surface area contributed by atoms with Crippen molar-refractivity contribution in [3.05, 3.63) is 29.3 Å². The molecule has 3 heteroatoms. The summed E-state index contributed by atoms with van der Waals surface area (Å²) < 4.78 is 5.78. The molecule has 21 heavy (non-hydrogen) atoms. The van der Waals surface area contributed by atoms with Gasteiger partial charge < -0.3 is 10.5 Å². The fourth-order valence-corrected chi connectivity index (χ4v) is 3.80. The third-order valence-electron chi connectivity index (χ3n) is 5.12. The van der Waals surface area contributed by atoms with Gasteiger partial charge in [0.2, 0.25) is 0 Å². The first kappa shape index (κ1) is 14.6. The molecule has 2 aliphatic rings. The smallest absolute Gasteiger partial charge is 0.167 e. The van der Waals surface area contributed by atoms with Crippen LogP contribution in [-0.2, 0) is 6.42 Å². The van der Waals surface area contributed by atoms with Crippen LogP contribution in [0.25, 0.3) is 0 Å². The molecule has 1 fully saturated rings. The number of nitrogens with two attached hydrogens (primary N) is 1. The monoisotopic (exact) mass is 287 g/mol. The van der Waals surface area contributed by atoms with Crippen molar-refractivity contribution in [2.24, 2.45) is 11.1 Å². The van der Waals surface area contributed by atoms with Crippen molar-refractivity contribution in [1.29, 1.82) is 0 Å². The maximum atomic E-state index is 12.8. The molecule has 114 valence electrons. The Kier molecular flexibility index (Phi) is 4.29. The molecule has 2 N–H and O–H groups in total. The molecule has 3 nitrogen and oxygen atoms in total. The van der Waals surface area contributed by atoms with E-state index in [0.29, 0.717) is 13.0 Å². The zero-order chi connectivity index (χ0) is 14.7. The highest BCUT2D eigenvalue weighted by atomic mass is 16.5. The lowest BCUT2D eigenvalue weighted by Gasteiger charge is -2.36. The van der Waals surface area contributed by atoms with E-state index in [-0.39, 0.29) is 11.2 Å². The lowest BCUT2D eigenvalue weighted by atomic mass is 9.70. The minimum Gasteiger partial charge on any atom is -0.493 e. The molecule has 0 amide bonds. The number of aryl methyl sites for hydroxylation is 1. The predicted molar refractivity (Wildman–Crippen MR) is 83.8 cm³/mol. The molecule has 1 aromatic rings. The fraction of sp³-hybridized carbons (Fsp3) is 0.611. The van der Waals surface area contributed by atoms with E-state index in [4.69, 9.17) is 10.5 Å². The Morgan fingerprint density at radius 3 is 2.76 bits per heavy atom. The number of benzene rings is 1. The van der Waals surface area contributed by atoms with Crippen LogP contribution in [0.3, 0.4) is 0 Å². The van der Waals surface area contributed by atoms with Crippen LogP contribution in [0.4, 0.5) is 0 Å². The van der Waals surface area contributed by atoms with Crippen LogP contribution in [0.15, 0.2) is 18.2 Å². The molecule has 0 spiro atoms. The summed E-state index contributed by atoms with van der Waals surface area (Å²) in [6, 6.07) is 5.97. The molecule has 0 atom stereocenters. The maximum Gasteiger partial charge on any atom is 0.167 e. The van der Waals surface area contributed by atoms with Crippen LogP contribution in [0.1, 0.15) is 60.9 Å². The molecule has 1 aliphatic carbocycles. The predicted octanol–water partition coefficient (Wildman–Crippen LogP) is 3.49. The largest absolute Gasteiger partial charge is 0.493 e. The van der Waals surface area contributed by atoms with Crippen molar-refractivity contribution >= 4 is 5.78 Å². The van der Waals surface area contributed by atoms with Gasteiger partial charge in [0.25, 0.3) is 0 Å². The second kappa shape index (κ2) is 6.18. The van der Waals surface area contributed by atoms with Crippen molar-refractivity contribution in [1.82, 2.24) is 0 Å². The highest BCUT2D eigenvalue weighted by Gasteiger charge is 2.34. The van der Waals surface area contributed by atoms with Gasteiger partial charge in [0, 0.05) is 6.42 Å². The lowest BCUT2D eigenvalue weighted by Crippen LogP contribution is -2.35. The summed E-state index contributed by atoms with van der Waals surface area (Å²) in [6.45, 7) is 1.34. The second-order valence-corrected chi connectivity index (χ2v) is 6.61. The number of rotatable bonds is 4. The third-order valence-corrected chi connectivity index (χ3v) is 5.12. The van der Waals surface area contributed by atoms with Gasteiger partial charge in [-0.15, -0.1) is 0 Å². The first-order valence-electron chi connectivity index (χ1n) is 8.22. The SMILES string of the molecule is NCC1(CC(=O)c2cccc3c2OCCC3)CCCCC1. The minimum atomic E-state index is 0.0206. The van der Waals surface area contributed by atoms with E-state index >= 15 is 0 Å². The van der Waals surface area contributed by atoms with Gasteiger partial charge in [-0.05, 0) is 49.3 Å². The van der Waals surface area contributed by atoms with E-state index in [9.17, 15) is 4.79 Å². The highest BCUT2D eigenvalue weighted by molar-refractivity contribution is 5.99. The van der Waals surface area contributed by atoms with Crippen LogP contribution in [0.2, 0.25) is 0 Å². The number of fused-ring (bicyclic) bond motifs is 1. The summed E-state index contributed by atoms with van der Waals surface area (Å²) in [5.74, 6) is 1.04. The molecule has 3 rings (SSSR count). The van der Waals surface area contributed by atoms with Crippen LogP contribution < -0.4 is 10.5 Å². The van der Waals surface area contributed by atoms with Gasteiger partial charge in [-0.1, -0.05) is 31.4 Å². The Hall–Kier alpha value is -1.35. The van der Waals surface area contributed by atoms with Crippen LogP contribution in [0, 0.1) is 5.41 Å². The van der Waals surface area contributed by atoms with Crippen LogP contribution in [-0.4, -0.2) is 18.9 Å². The van der Waals surface area contributed by atoms with E-state index in [2.05, 4.69) is 6.07 Å². The van der Waals surface area contributed by atoms with E-state index in [1.165, 1.54) is 24.8 Å². The van der Waals surface area contributed by atoms with Crippen LogP contribution >= 0.6 is 0 Å². The second-order valence-electron chi connectivity index (χ2n) is 6.61. The standard InChI is InChI=1S/C18H25NO2/c19-13-18(9-2-1-3-10-18)12-16(20)15-8-4-6-14-7-5-11-21-17(14)15/h4,6,8H,1-3,5,7,9-13,19H2. The van der Waals surface area contributed by atoms with Crippen molar-refractivity contribution in [3.8, 4) is 5.75 Å². The molecule has 0 bridgehead atoms. The number of ketones is 1. The number of hydrogen-bond acceptors (Lipinski definition) is 3. The zero-order valence-corrected chi connectivity index (χ0v) is 12.7. The first-order valence-corrected chi connectivity index (χ1v) is 8.22. The molecule has 0 saturated heterocycles. The Bertz CT molecular complexity index is 518. The summed E-state index contributed by atoms with van der Waals surface area (Å²) in [6.07, 6.45) is 8.48.